The van der Waals surface area contributed by atoms with Crippen molar-refractivity contribution in [1.82, 2.24) is 0 Å². The van der Waals surface area contributed by atoms with Crippen LogP contribution >= 0.6 is 0 Å². The van der Waals surface area contributed by atoms with Crippen molar-refractivity contribution >= 4 is 0 Å². The SMILES string of the molecule is CCCC(C)C1(C)C(C)C1(C)C. The minimum atomic E-state index is 0.585. The molecule has 3 unspecified atom stereocenters. The summed E-state index contributed by atoms with van der Waals surface area (Å²) in [6.45, 7) is 14.4. The van der Waals surface area contributed by atoms with Crippen LogP contribution in [0, 0.1) is 22.7 Å². The van der Waals surface area contributed by atoms with E-state index in [0.717, 1.165) is 11.8 Å². The molecule has 0 amide bonds. The molecule has 0 spiro atoms. The zero-order valence-electron chi connectivity index (χ0n) is 9.57. The minimum Gasteiger partial charge on any atom is -0.0654 e. The van der Waals surface area contributed by atoms with E-state index >= 15 is 0 Å². The van der Waals surface area contributed by atoms with Crippen molar-refractivity contribution in [3.05, 3.63) is 0 Å². The molecule has 0 aromatic heterocycles. The monoisotopic (exact) mass is 168 g/mol. The highest BCUT2D eigenvalue weighted by Gasteiger charge is 2.66. The van der Waals surface area contributed by atoms with Crippen molar-refractivity contribution in [2.75, 3.05) is 0 Å². The molecule has 0 N–H and O–H groups in total. The van der Waals surface area contributed by atoms with Gasteiger partial charge in [-0.25, -0.2) is 0 Å². The summed E-state index contributed by atoms with van der Waals surface area (Å²) in [6, 6.07) is 0. The molecule has 1 rings (SSSR count). The molecule has 0 heterocycles. The van der Waals surface area contributed by atoms with Gasteiger partial charge in [0.1, 0.15) is 0 Å². The van der Waals surface area contributed by atoms with Crippen LogP contribution in [0.3, 0.4) is 0 Å². The lowest BCUT2D eigenvalue weighted by atomic mass is 9.82. The first-order chi connectivity index (χ1) is 5.39. The molecule has 0 aliphatic heterocycles. The zero-order chi connectivity index (χ0) is 9.57. The van der Waals surface area contributed by atoms with Crippen molar-refractivity contribution in [3.8, 4) is 0 Å². The van der Waals surface area contributed by atoms with Gasteiger partial charge in [0.05, 0.1) is 0 Å². The first-order valence-electron chi connectivity index (χ1n) is 5.39. The number of hydrogen-bond donors (Lipinski definition) is 0. The van der Waals surface area contributed by atoms with Gasteiger partial charge in [-0.1, -0.05) is 54.4 Å². The van der Waals surface area contributed by atoms with Crippen LogP contribution in [-0.2, 0) is 0 Å². The number of rotatable bonds is 3. The molecule has 0 saturated heterocycles. The minimum absolute atomic E-state index is 0.585. The second-order valence-electron chi connectivity index (χ2n) is 5.42. The molecule has 0 nitrogen and oxygen atoms in total. The predicted octanol–water partition coefficient (Wildman–Crippen LogP) is 4.10. The van der Waals surface area contributed by atoms with Gasteiger partial charge in [0, 0.05) is 0 Å². The fraction of sp³-hybridized carbons (Fsp3) is 1.00. The highest BCUT2D eigenvalue weighted by Crippen LogP contribution is 2.72. The zero-order valence-corrected chi connectivity index (χ0v) is 9.57. The molecule has 1 saturated carbocycles. The molecule has 1 fully saturated rings. The van der Waals surface area contributed by atoms with E-state index in [1.165, 1.54) is 12.8 Å². The fourth-order valence-corrected chi connectivity index (χ4v) is 3.11. The molecule has 0 radical (unpaired) electrons. The Hall–Kier alpha value is 0. The molecular formula is C12H24. The van der Waals surface area contributed by atoms with Gasteiger partial charge in [0.2, 0.25) is 0 Å². The lowest BCUT2D eigenvalue weighted by Crippen LogP contribution is -2.15. The Morgan fingerprint density at radius 3 is 1.92 bits per heavy atom. The van der Waals surface area contributed by atoms with Crippen LogP contribution in [0.25, 0.3) is 0 Å². The van der Waals surface area contributed by atoms with Gasteiger partial charge in [-0.3, -0.25) is 0 Å². The second-order valence-corrected chi connectivity index (χ2v) is 5.42. The Kier molecular flexibility index (Phi) is 2.31. The summed E-state index contributed by atoms with van der Waals surface area (Å²) in [5, 5.41) is 0. The van der Waals surface area contributed by atoms with Crippen molar-refractivity contribution in [3.63, 3.8) is 0 Å². The third kappa shape index (κ3) is 1.03. The maximum Gasteiger partial charge on any atom is -0.0215 e. The van der Waals surface area contributed by atoms with Gasteiger partial charge >= 0.3 is 0 Å². The van der Waals surface area contributed by atoms with E-state index in [4.69, 9.17) is 0 Å². The van der Waals surface area contributed by atoms with E-state index in [9.17, 15) is 0 Å². The molecule has 3 atom stereocenters. The van der Waals surface area contributed by atoms with Crippen molar-refractivity contribution < 1.29 is 0 Å². The smallest absolute Gasteiger partial charge is 0.0215 e. The summed E-state index contributed by atoms with van der Waals surface area (Å²) >= 11 is 0. The average molecular weight is 168 g/mol. The topological polar surface area (TPSA) is 0 Å². The number of hydrogen-bond acceptors (Lipinski definition) is 0. The van der Waals surface area contributed by atoms with E-state index in [1.54, 1.807) is 0 Å². The molecule has 12 heavy (non-hydrogen) atoms. The Morgan fingerprint density at radius 2 is 1.67 bits per heavy atom. The molecule has 0 bridgehead atoms. The van der Waals surface area contributed by atoms with Crippen LogP contribution in [0.2, 0.25) is 0 Å². The highest BCUT2D eigenvalue weighted by molar-refractivity contribution is 5.14. The van der Waals surface area contributed by atoms with E-state index in [0.29, 0.717) is 10.8 Å². The van der Waals surface area contributed by atoms with Gasteiger partial charge in [0.15, 0.2) is 0 Å². The Bertz CT molecular complexity index is 169. The third-order valence-corrected chi connectivity index (χ3v) is 5.03. The molecule has 1 aliphatic carbocycles. The van der Waals surface area contributed by atoms with Gasteiger partial charge in [-0.2, -0.15) is 0 Å². The van der Waals surface area contributed by atoms with Crippen LogP contribution in [-0.4, -0.2) is 0 Å². The van der Waals surface area contributed by atoms with Crippen LogP contribution in [0.1, 0.15) is 54.4 Å². The van der Waals surface area contributed by atoms with Crippen molar-refractivity contribution in [2.45, 2.75) is 54.4 Å². The Balaban J connectivity index is 2.64. The predicted molar refractivity (Wildman–Crippen MR) is 55.1 cm³/mol. The second kappa shape index (κ2) is 2.75. The standard InChI is InChI=1S/C12H24/c1-7-8-9(2)12(6)10(3)11(12,4)5/h9-10H,7-8H2,1-6H3. The van der Waals surface area contributed by atoms with Gasteiger partial charge in [-0.05, 0) is 22.7 Å². The first-order valence-corrected chi connectivity index (χ1v) is 5.39. The van der Waals surface area contributed by atoms with E-state index in [1.807, 2.05) is 0 Å². The summed E-state index contributed by atoms with van der Waals surface area (Å²) in [4.78, 5) is 0. The third-order valence-electron chi connectivity index (χ3n) is 5.03. The van der Waals surface area contributed by atoms with Crippen molar-refractivity contribution in [2.24, 2.45) is 22.7 Å². The molecule has 1 aliphatic rings. The summed E-state index contributed by atoms with van der Waals surface area (Å²) in [5.74, 6) is 1.80. The molecule has 0 heteroatoms. The maximum absolute atomic E-state index is 2.47. The molecular weight excluding hydrogens is 144 g/mol. The fourth-order valence-electron chi connectivity index (χ4n) is 3.11. The van der Waals surface area contributed by atoms with E-state index < -0.39 is 0 Å². The summed E-state index contributed by atoms with van der Waals surface area (Å²) in [5.41, 5.74) is 1.20. The van der Waals surface area contributed by atoms with Crippen LogP contribution in [0.5, 0.6) is 0 Å². The largest absolute Gasteiger partial charge is 0.0654 e. The first kappa shape index (κ1) is 10.1. The summed E-state index contributed by atoms with van der Waals surface area (Å²) in [6.07, 6.45) is 2.73. The Labute approximate surface area is 77.7 Å². The van der Waals surface area contributed by atoms with Crippen LogP contribution < -0.4 is 0 Å². The van der Waals surface area contributed by atoms with E-state index in [-0.39, 0.29) is 0 Å². The maximum atomic E-state index is 2.47. The molecule has 72 valence electrons. The average Bonchev–Trinajstić information content (AvgIpc) is 2.37. The van der Waals surface area contributed by atoms with Gasteiger partial charge in [-0.15, -0.1) is 0 Å². The lowest BCUT2D eigenvalue weighted by Gasteiger charge is -2.23. The van der Waals surface area contributed by atoms with Crippen LogP contribution in [0.15, 0.2) is 0 Å². The summed E-state index contributed by atoms with van der Waals surface area (Å²) in [7, 11) is 0. The molecule has 0 aromatic rings. The lowest BCUT2D eigenvalue weighted by molar-refractivity contribution is 0.266. The molecule has 0 aromatic carbocycles. The van der Waals surface area contributed by atoms with Gasteiger partial charge in [0.25, 0.3) is 0 Å². The normalized spacial score (nSPS) is 41.0. The van der Waals surface area contributed by atoms with Crippen molar-refractivity contribution in [1.29, 1.82) is 0 Å². The summed E-state index contributed by atoms with van der Waals surface area (Å²) < 4.78 is 0. The van der Waals surface area contributed by atoms with Crippen LogP contribution in [0.4, 0.5) is 0 Å². The highest BCUT2D eigenvalue weighted by atomic mass is 14.7. The quantitative estimate of drug-likeness (QED) is 0.595. The van der Waals surface area contributed by atoms with Gasteiger partial charge < -0.3 is 0 Å². The Morgan fingerprint density at radius 1 is 1.25 bits per heavy atom. The van der Waals surface area contributed by atoms with E-state index in [2.05, 4.69) is 41.5 Å².